The molecule has 0 saturated carbocycles. The topological polar surface area (TPSA) is 115 Å². The number of carboxylic acids is 2. The summed E-state index contributed by atoms with van der Waals surface area (Å²) in [6, 6.07) is 10.6. The molecule has 0 spiro atoms. The molecule has 3 rings (SSSR count). The summed E-state index contributed by atoms with van der Waals surface area (Å²) in [6.07, 6.45) is 3.52. The van der Waals surface area contributed by atoms with Crippen LogP contribution in [-0.4, -0.2) is 77.2 Å². The van der Waals surface area contributed by atoms with Crippen LogP contribution < -0.4 is 0 Å². The van der Waals surface area contributed by atoms with Gasteiger partial charge in [-0.2, -0.15) is 4.99 Å². The zero-order chi connectivity index (χ0) is 20.4. The van der Waals surface area contributed by atoms with Crippen molar-refractivity contribution in [2.45, 2.75) is 12.8 Å². The largest absolute Gasteiger partial charge is 0.478 e. The highest BCUT2D eigenvalue weighted by Crippen LogP contribution is 2.16. The molecule has 2 saturated heterocycles. The zero-order valence-corrected chi connectivity index (χ0v) is 15.7. The number of amidine groups is 1. The molecule has 1 aromatic carbocycles. The first-order chi connectivity index (χ1) is 13.5. The van der Waals surface area contributed by atoms with E-state index in [2.05, 4.69) is 14.9 Å². The summed E-state index contributed by atoms with van der Waals surface area (Å²) >= 11 is 0. The summed E-state index contributed by atoms with van der Waals surface area (Å²) in [7, 11) is 2.00. The molecule has 2 N–H and O–H groups in total. The van der Waals surface area contributed by atoms with Gasteiger partial charge >= 0.3 is 11.9 Å². The highest BCUT2D eigenvalue weighted by atomic mass is 16.5. The third-order valence-electron chi connectivity index (χ3n) is 3.92. The Labute approximate surface area is 163 Å². The van der Waals surface area contributed by atoms with Crippen LogP contribution in [0.4, 0.5) is 5.69 Å². The molecule has 28 heavy (non-hydrogen) atoms. The van der Waals surface area contributed by atoms with E-state index in [4.69, 9.17) is 14.9 Å². The van der Waals surface area contributed by atoms with Gasteiger partial charge < -0.3 is 24.7 Å². The fourth-order valence-electron chi connectivity index (χ4n) is 2.53. The number of nitrogens with zero attached hydrogens (tertiary/aromatic N) is 4. The smallest absolute Gasteiger partial charge is 0.328 e. The van der Waals surface area contributed by atoms with Crippen LogP contribution in [0, 0.1) is 0 Å². The molecule has 9 heteroatoms. The van der Waals surface area contributed by atoms with Crippen LogP contribution in [0.5, 0.6) is 0 Å². The van der Waals surface area contributed by atoms with Crippen molar-refractivity contribution in [1.82, 2.24) is 9.80 Å². The second kappa shape index (κ2) is 10.7. The lowest BCUT2D eigenvalue weighted by atomic mass is 10.3. The molecule has 2 aliphatic heterocycles. The number of para-hydroxylation sites is 1. The lowest BCUT2D eigenvalue weighted by Gasteiger charge is -2.17. The van der Waals surface area contributed by atoms with Crippen molar-refractivity contribution in [3.8, 4) is 0 Å². The van der Waals surface area contributed by atoms with E-state index in [1.54, 1.807) is 0 Å². The minimum absolute atomic E-state index is 0.558. The molecule has 0 atom stereocenters. The van der Waals surface area contributed by atoms with Gasteiger partial charge in [0, 0.05) is 32.3 Å². The van der Waals surface area contributed by atoms with E-state index in [0.29, 0.717) is 24.8 Å². The Balaban J connectivity index is 0.000000300. The average molecular weight is 388 g/mol. The summed E-state index contributed by atoms with van der Waals surface area (Å²) in [4.78, 5) is 32.7. The molecule has 0 unspecified atom stereocenters. The number of aliphatic carboxylic acids is 2. The molecule has 0 radical (unpaired) electrons. The monoisotopic (exact) mass is 388 g/mol. The lowest BCUT2D eigenvalue weighted by molar-refractivity contribution is -0.134. The van der Waals surface area contributed by atoms with E-state index < -0.39 is 11.9 Å². The predicted molar refractivity (Wildman–Crippen MR) is 105 cm³/mol. The van der Waals surface area contributed by atoms with Crippen LogP contribution in [0.3, 0.4) is 0 Å². The molecule has 1 aromatic rings. The van der Waals surface area contributed by atoms with Gasteiger partial charge in [-0.25, -0.2) is 14.6 Å². The summed E-state index contributed by atoms with van der Waals surface area (Å²) < 4.78 is 5.56. The average Bonchev–Trinajstić information content (AvgIpc) is 3.33. The molecule has 0 aromatic heterocycles. The van der Waals surface area contributed by atoms with Gasteiger partial charge in [0.1, 0.15) is 6.61 Å². The predicted octanol–water partition coefficient (Wildman–Crippen LogP) is 1.80. The number of rotatable bonds is 3. The number of ether oxygens (including phenoxy) is 1. The van der Waals surface area contributed by atoms with Gasteiger partial charge in [0.25, 0.3) is 6.02 Å². The SMILES string of the molecule is CN1CCOC1=NC(=Nc1ccccc1)N1CCCC1.O=C(O)/C=C/C(=O)O. The molecule has 9 nitrogen and oxygen atoms in total. The van der Waals surface area contributed by atoms with Crippen LogP contribution >= 0.6 is 0 Å². The third-order valence-corrected chi connectivity index (χ3v) is 3.92. The van der Waals surface area contributed by atoms with E-state index in [1.807, 2.05) is 42.3 Å². The number of likely N-dealkylation sites (tertiary alicyclic amines) is 1. The zero-order valence-electron chi connectivity index (χ0n) is 15.7. The van der Waals surface area contributed by atoms with Crippen LogP contribution in [0.1, 0.15) is 12.8 Å². The molecule has 0 aliphatic carbocycles. The van der Waals surface area contributed by atoms with E-state index >= 15 is 0 Å². The number of carbonyl (C=O) groups is 2. The second-order valence-electron chi connectivity index (χ2n) is 6.12. The molecule has 2 aliphatic rings. The maximum Gasteiger partial charge on any atom is 0.328 e. The van der Waals surface area contributed by atoms with Gasteiger partial charge in [-0.05, 0) is 25.0 Å². The minimum Gasteiger partial charge on any atom is -0.478 e. The fraction of sp³-hybridized carbons (Fsp3) is 0.368. The van der Waals surface area contributed by atoms with Crippen molar-refractivity contribution in [2.75, 3.05) is 33.3 Å². The summed E-state index contributed by atoms with van der Waals surface area (Å²) in [5, 5.41) is 15.6. The standard InChI is InChI=1S/C15H20N4O.C4H4O4/c1-18-11-12-20-15(18)17-14(19-9-5-6-10-19)16-13-7-3-2-4-8-13;5-3(6)1-2-4(7)8/h2-4,7-8H,5-6,9-12H2,1H3;1-2H,(H,5,6)(H,7,8)/b;2-1+. The lowest BCUT2D eigenvalue weighted by Crippen LogP contribution is -2.29. The summed E-state index contributed by atoms with van der Waals surface area (Å²) in [5.74, 6) is -1.75. The van der Waals surface area contributed by atoms with Crippen molar-refractivity contribution in [1.29, 1.82) is 0 Å². The van der Waals surface area contributed by atoms with E-state index in [-0.39, 0.29) is 0 Å². The number of hydrogen-bond donors (Lipinski definition) is 2. The quantitative estimate of drug-likeness (QED) is 0.461. The maximum absolute atomic E-state index is 9.55. The first-order valence-electron chi connectivity index (χ1n) is 8.91. The van der Waals surface area contributed by atoms with Gasteiger partial charge in [-0.1, -0.05) is 18.2 Å². The van der Waals surface area contributed by atoms with Crippen LogP contribution in [0.25, 0.3) is 0 Å². The first-order valence-corrected chi connectivity index (χ1v) is 8.91. The van der Waals surface area contributed by atoms with Crippen molar-refractivity contribution in [2.24, 2.45) is 9.98 Å². The normalized spacial score (nSPS) is 18.2. The van der Waals surface area contributed by atoms with Gasteiger partial charge in [0.2, 0.25) is 5.96 Å². The molecule has 150 valence electrons. The van der Waals surface area contributed by atoms with E-state index in [0.717, 1.165) is 31.3 Å². The third kappa shape index (κ3) is 7.10. The first kappa shape index (κ1) is 20.9. The van der Waals surface area contributed by atoms with Crippen molar-refractivity contribution in [3.05, 3.63) is 42.5 Å². The van der Waals surface area contributed by atoms with Gasteiger partial charge in [-0.3, -0.25) is 0 Å². The fourth-order valence-corrected chi connectivity index (χ4v) is 2.53. The number of hydrogen-bond acceptors (Lipinski definition) is 4. The Hall–Kier alpha value is -3.36. The highest BCUT2D eigenvalue weighted by Gasteiger charge is 2.21. The number of aliphatic imine (C=N–C) groups is 2. The maximum atomic E-state index is 9.55. The molecular weight excluding hydrogens is 364 g/mol. The van der Waals surface area contributed by atoms with Gasteiger partial charge in [-0.15, -0.1) is 0 Å². The number of likely N-dealkylation sites (N-methyl/N-ethyl adjacent to an activating group) is 1. The number of benzene rings is 1. The van der Waals surface area contributed by atoms with E-state index in [1.165, 1.54) is 12.8 Å². The Morgan fingerprint density at radius 1 is 1.04 bits per heavy atom. The number of guanidine groups is 1. The highest BCUT2D eigenvalue weighted by molar-refractivity contribution is 5.94. The Bertz CT molecular complexity index is 739. The Morgan fingerprint density at radius 2 is 1.64 bits per heavy atom. The van der Waals surface area contributed by atoms with Crippen molar-refractivity contribution < 1.29 is 24.5 Å². The Morgan fingerprint density at radius 3 is 2.14 bits per heavy atom. The van der Waals surface area contributed by atoms with E-state index in [9.17, 15) is 9.59 Å². The van der Waals surface area contributed by atoms with Crippen LogP contribution in [-0.2, 0) is 14.3 Å². The van der Waals surface area contributed by atoms with Gasteiger partial charge in [0.05, 0.1) is 12.2 Å². The molecule has 2 heterocycles. The second-order valence-corrected chi connectivity index (χ2v) is 6.12. The summed E-state index contributed by atoms with van der Waals surface area (Å²) in [6.45, 7) is 3.63. The molecule has 2 fully saturated rings. The van der Waals surface area contributed by atoms with Crippen LogP contribution in [0.2, 0.25) is 0 Å². The van der Waals surface area contributed by atoms with Crippen molar-refractivity contribution >= 4 is 29.6 Å². The van der Waals surface area contributed by atoms with Gasteiger partial charge in [0.15, 0.2) is 0 Å². The Kier molecular flexibility index (Phi) is 8.01. The van der Waals surface area contributed by atoms with Crippen LogP contribution in [0.15, 0.2) is 52.5 Å². The van der Waals surface area contributed by atoms with Crippen molar-refractivity contribution in [3.63, 3.8) is 0 Å². The number of carboxylic acid groups (broad SMARTS) is 2. The molecule has 0 bridgehead atoms. The minimum atomic E-state index is -1.26. The summed E-state index contributed by atoms with van der Waals surface area (Å²) in [5.41, 5.74) is 0.930. The molecule has 0 amide bonds. The molecular formula is C19H24N4O5.